The maximum absolute atomic E-state index is 9.75. The number of hydrogen-bond acceptors (Lipinski definition) is 2. The molecule has 1 fully saturated rings. The van der Waals surface area contributed by atoms with Crippen LogP contribution in [0, 0.1) is 0 Å². The van der Waals surface area contributed by atoms with Gasteiger partial charge < -0.3 is 27.1 Å². The van der Waals surface area contributed by atoms with Crippen molar-refractivity contribution in [3.63, 3.8) is 0 Å². The summed E-state index contributed by atoms with van der Waals surface area (Å²) < 4.78 is 39.0. The minimum atomic E-state index is -6.00. The Kier molecular flexibility index (Phi) is 14.7. The number of anilines is 2. The van der Waals surface area contributed by atoms with Crippen LogP contribution in [-0.2, 0) is 16.8 Å². The van der Waals surface area contributed by atoms with Gasteiger partial charge in [-0.3, -0.25) is 0 Å². The second-order valence-electron chi connectivity index (χ2n) is 11.2. The van der Waals surface area contributed by atoms with Gasteiger partial charge in [-0.2, -0.15) is 18.2 Å². The molecule has 1 radical (unpaired) electrons. The fourth-order valence-corrected chi connectivity index (χ4v) is 8.67. The molecule has 1 saturated heterocycles. The molecule has 0 atom stereocenters. The van der Waals surface area contributed by atoms with Gasteiger partial charge in [0.15, 0.2) is 0 Å². The van der Waals surface area contributed by atoms with Crippen molar-refractivity contribution in [3.8, 4) is 0 Å². The fraction of sp³-hybridized carbons (Fsp3) is 0.414. The molecule has 1 aliphatic rings. The van der Waals surface area contributed by atoms with Crippen molar-refractivity contribution in [1.82, 2.24) is 0 Å². The zero-order chi connectivity index (χ0) is 28.4. The zero-order valence-corrected chi connectivity index (χ0v) is 26.5. The third kappa shape index (κ3) is 14.1. The monoisotopic (exact) mass is 625 g/mol. The van der Waals surface area contributed by atoms with Crippen molar-refractivity contribution in [1.29, 1.82) is 0 Å². The predicted octanol–water partition coefficient (Wildman–Crippen LogP) is 10.1. The Bertz CT molecular complexity index is 927. The Morgan fingerprint density at radius 2 is 0.872 bits per heavy atom. The minimum absolute atomic E-state index is 0. The molecule has 0 spiro atoms. The largest absolute Gasteiger partial charge is 2.00 e. The van der Waals surface area contributed by atoms with Gasteiger partial charge in [0.05, 0.1) is 0 Å². The molecule has 0 bridgehead atoms. The van der Waals surface area contributed by atoms with Gasteiger partial charge in [-0.05, 0) is 34.6 Å². The Morgan fingerprint density at radius 3 is 1.08 bits per heavy atom. The van der Waals surface area contributed by atoms with Crippen LogP contribution < -0.4 is 9.80 Å². The zero-order valence-electron chi connectivity index (χ0n) is 23.7. The smallest absolute Gasteiger partial charge is 0.418 e. The molecule has 217 valence electrons. The third-order valence-electron chi connectivity index (χ3n) is 6.06. The van der Waals surface area contributed by atoms with Crippen LogP contribution >= 0.6 is 15.8 Å². The van der Waals surface area contributed by atoms with Gasteiger partial charge in [0, 0.05) is 36.5 Å². The van der Waals surface area contributed by atoms with Crippen molar-refractivity contribution < 1.29 is 34.0 Å². The van der Waals surface area contributed by atoms with E-state index in [1.807, 2.05) is 30.3 Å². The second-order valence-corrected chi connectivity index (χ2v) is 17.2. The van der Waals surface area contributed by atoms with E-state index in [4.69, 9.17) is 0 Å². The molecule has 0 saturated carbocycles. The summed E-state index contributed by atoms with van der Waals surface area (Å²) in [4.78, 5) is 5.41. The molecule has 3 aromatic carbocycles. The number of nitrogens with zero attached hydrogens (tertiary/aromatic N) is 2. The van der Waals surface area contributed by atoms with Gasteiger partial charge in [0.2, 0.25) is 0 Å². The molecule has 10 heteroatoms. The van der Waals surface area contributed by atoms with E-state index in [2.05, 4.69) is 112 Å². The number of hydrogen-bond donors (Lipinski definition) is 0. The van der Waals surface area contributed by atoms with Crippen molar-refractivity contribution >= 4 is 34.5 Å². The number of rotatable bonds is 2. The molecule has 0 N–H and O–H groups in total. The SMILES string of the molecule is CC(C)(C)P1CN(c2ccccc2)CP(C(C)(C)C)CN(c2ccccc2)C1.F[B-](F)(F)F.[Co+2].c1cc[cH-]c1. The number of benzene rings is 2. The van der Waals surface area contributed by atoms with Crippen LogP contribution in [-0.4, -0.2) is 42.7 Å². The van der Waals surface area contributed by atoms with E-state index >= 15 is 0 Å². The molecule has 4 rings (SSSR count). The van der Waals surface area contributed by atoms with Gasteiger partial charge in [0.25, 0.3) is 0 Å². The average Bonchev–Trinajstić information content (AvgIpc) is 3.38. The quantitative estimate of drug-likeness (QED) is 0.121. The summed E-state index contributed by atoms with van der Waals surface area (Å²) in [5.41, 5.74) is 2.79. The van der Waals surface area contributed by atoms with Crippen molar-refractivity contribution in [2.75, 3.05) is 34.9 Å². The molecule has 2 nitrogen and oxygen atoms in total. The van der Waals surface area contributed by atoms with E-state index in [0.717, 1.165) is 0 Å². The van der Waals surface area contributed by atoms with Crippen LogP contribution in [0.25, 0.3) is 0 Å². The number of halogens is 4. The minimum Gasteiger partial charge on any atom is -0.418 e. The summed E-state index contributed by atoms with van der Waals surface area (Å²) in [5.74, 6) is 0. The molecule has 0 unspecified atom stereocenters. The van der Waals surface area contributed by atoms with E-state index in [9.17, 15) is 17.3 Å². The fourth-order valence-electron chi connectivity index (χ4n) is 3.78. The van der Waals surface area contributed by atoms with Crippen LogP contribution in [0.15, 0.2) is 91.0 Å². The van der Waals surface area contributed by atoms with E-state index < -0.39 is 7.25 Å². The first-order valence-electron chi connectivity index (χ1n) is 12.8. The van der Waals surface area contributed by atoms with Crippen LogP contribution in [0.1, 0.15) is 41.5 Å². The normalized spacial score (nSPS) is 18.3. The third-order valence-corrected chi connectivity index (χ3v) is 12.6. The van der Waals surface area contributed by atoms with E-state index in [1.54, 1.807) is 0 Å². The van der Waals surface area contributed by atoms with Crippen LogP contribution in [0.2, 0.25) is 0 Å². The Balaban J connectivity index is 0.000000583. The summed E-state index contributed by atoms with van der Waals surface area (Å²) in [7, 11) is -6.35. The molecule has 0 aliphatic carbocycles. The summed E-state index contributed by atoms with van der Waals surface area (Å²) >= 11 is 0. The summed E-state index contributed by atoms with van der Waals surface area (Å²) in [5, 5.41) is 0.661. The van der Waals surface area contributed by atoms with Crippen molar-refractivity contribution in [2.24, 2.45) is 0 Å². The summed E-state index contributed by atoms with van der Waals surface area (Å²) in [6.07, 6.45) is 4.73. The molecule has 0 amide bonds. The first-order chi connectivity index (χ1) is 17.6. The topological polar surface area (TPSA) is 6.48 Å². The molecule has 1 aliphatic heterocycles. The van der Waals surface area contributed by atoms with Gasteiger partial charge in [0.1, 0.15) is 0 Å². The Labute approximate surface area is 245 Å². The Morgan fingerprint density at radius 1 is 0.590 bits per heavy atom. The molecule has 0 aromatic heterocycles. The predicted molar refractivity (Wildman–Crippen MR) is 163 cm³/mol. The first-order valence-corrected chi connectivity index (χ1v) is 16.2. The molecule has 39 heavy (non-hydrogen) atoms. The van der Waals surface area contributed by atoms with Crippen LogP contribution in [0.3, 0.4) is 0 Å². The van der Waals surface area contributed by atoms with Crippen molar-refractivity contribution in [2.45, 2.75) is 51.9 Å². The second kappa shape index (κ2) is 16.1. The van der Waals surface area contributed by atoms with E-state index in [1.165, 1.54) is 36.5 Å². The van der Waals surface area contributed by atoms with Gasteiger partial charge in [-0.25, -0.2) is 12.1 Å². The first kappa shape index (κ1) is 35.6. The van der Waals surface area contributed by atoms with Gasteiger partial charge in [-0.1, -0.05) is 93.8 Å². The molecular formula is C29H41BCoF4N2P2. The molecular weight excluding hydrogens is 584 g/mol. The van der Waals surface area contributed by atoms with E-state index in [-0.39, 0.29) is 32.6 Å². The Hall–Kier alpha value is -1.46. The molecule has 1 heterocycles. The summed E-state index contributed by atoms with van der Waals surface area (Å²) in [6.45, 7) is 14.6. The number of para-hydroxylation sites is 2. The van der Waals surface area contributed by atoms with E-state index in [0.29, 0.717) is 10.3 Å². The summed E-state index contributed by atoms with van der Waals surface area (Å²) in [6, 6.07) is 32.2. The standard InChI is InChI=1S/C24H36N2P2.C5H5.BF4.Co/c1-23(2,3)27-17-25(21-13-9-7-10-14-21)19-28(24(4,5)6)20-26(18-27)22-15-11-8-12-16-22;1-2-4-5-3-1;2-1(3,4)5;/h7-16H,17-20H2,1-6H3;1-5H;;/q;2*-1;+2. The van der Waals surface area contributed by atoms with Crippen LogP contribution in [0.5, 0.6) is 0 Å². The van der Waals surface area contributed by atoms with Gasteiger partial charge in [-0.15, -0.1) is 0 Å². The maximum atomic E-state index is 9.75. The molecule has 3 aromatic rings. The van der Waals surface area contributed by atoms with Crippen LogP contribution in [0.4, 0.5) is 28.6 Å². The average molecular weight is 625 g/mol. The van der Waals surface area contributed by atoms with Crippen molar-refractivity contribution in [3.05, 3.63) is 91.0 Å². The maximum Gasteiger partial charge on any atom is 2.00 e. The van der Waals surface area contributed by atoms with Gasteiger partial charge >= 0.3 is 24.0 Å².